The Hall–Kier alpha value is -1.59. The Labute approximate surface area is 124 Å². The topological polar surface area (TPSA) is 58.5 Å². The summed E-state index contributed by atoms with van der Waals surface area (Å²) in [6.45, 7) is 4.31. The molecular formula is C16H22N4O. The number of rotatable bonds is 2. The van der Waals surface area contributed by atoms with Crippen LogP contribution in [0.4, 0.5) is 6.01 Å². The van der Waals surface area contributed by atoms with E-state index < -0.39 is 0 Å². The van der Waals surface area contributed by atoms with Crippen molar-refractivity contribution < 1.29 is 4.42 Å². The van der Waals surface area contributed by atoms with E-state index in [9.17, 15) is 0 Å². The third-order valence-corrected chi connectivity index (χ3v) is 4.81. The number of fused-ring (bicyclic) bond motifs is 1. The van der Waals surface area contributed by atoms with Crippen LogP contribution in [0, 0.1) is 0 Å². The largest absolute Gasteiger partial charge is 0.423 e. The first-order valence-electron chi connectivity index (χ1n) is 7.90. The first kappa shape index (κ1) is 13.1. The van der Waals surface area contributed by atoms with Crippen molar-refractivity contribution in [2.45, 2.75) is 31.3 Å². The van der Waals surface area contributed by atoms with E-state index in [2.05, 4.69) is 14.8 Å². The van der Waals surface area contributed by atoms with E-state index in [0.29, 0.717) is 12.1 Å². The second kappa shape index (κ2) is 5.31. The van der Waals surface area contributed by atoms with Crippen molar-refractivity contribution in [3.8, 4) is 0 Å². The molecule has 0 spiro atoms. The van der Waals surface area contributed by atoms with Gasteiger partial charge in [0.25, 0.3) is 6.01 Å². The number of nitrogens with zero attached hydrogens (tertiary/aromatic N) is 3. The van der Waals surface area contributed by atoms with Gasteiger partial charge in [-0.15, -0.1) is 0 Å². The monoisotopic (exact) mass is 286 g/mol. The lowest BCUT2D eigenvalue weighted by Crippen LogP contribution is -2.46. The summed E-state index contributed by atoms with van der Waals surface area (Å²) in [4.78, 5) is 9.47. The van der Waals surface area contributed by atoms with Gasteiger partial charge >= 0.3 is 0 Å². The Morgan fingerprint density at radius 1 is 1.10 bits per heavy atom. The lowest BCUT2D eigenvalue weighted by molar-refractivity contribution is 0.163. The number of oxazole rings is 1. The van der Waals surface area contributed by atoms with Crippen molar-refractivity contribution in [1.29, 1.82) is 0 Å². The Morgan fingerprint density at radius 2 is 1.90 bits per heavy atom. The molecule has 0 radical (unpaired) electrons. The van der Waals surface area contributed by atoms with Crippen molar-refractivity contribution in [3.05, 3.63) is 24.3 Å². The first-order valence-corrected chi connectivity index (χ1v) is 7.90. The maximum atomic E-state index is 5.99. The number of aromatic nitrogens is 1. The van der Waals surface area contributed by atoms with Gasteiger partial charge in [-0.2, -0.15) is 4.98 Å². The lowest BCUT2D eigenvalue weighted by Gasteiger charge is -2.34. The molecule has 2 N–H and O–H groups in total. The van der Waals surface area contributed by atoms with Gasteiger partial charge in [0.1, 0.15) is 5.52 Å². The average molecular weight is 286 g/mol. The number of hydrogen-bond acceptors (Lipinski definition) is 5. The minimum Gasteiger partial charge on any atom is -0.423 e. The number of likely N-dealkylation sites (tertiary alicyclic amines) is 1. The minimum atomic E-state index is 0.399. The molecule has 5 nitrogen and oxygen atoms in total. The molecule has 0 bridgehead atoms. The van der Waals surface area contributed by atoms with E-state index in [-0.39, 0.29) is 0 Å². The summed E-state index contributed by atoms with van der Waals surface area (Å²) in [5, 5.41) is 0. The van der Waals surface area contributed by atoms with Crippen LogP contribution >= 0.6 is 0 Å². The van der Waals surface area contributed by atoms with E-state index in [4.69, 9.17) is 10.2 Å². The third kappa shape index (κ3) is 2.51. The summed E-state index contributed by atoms with van der Waals surface area (Å²) in [6.07, 6.45) is 3.44. The van der Waals surface area contributed by atoms with Gasteiger partial charge in [-0.3, -0.25) is 4.90 Å². The second-order valence-electron chi connectivity index (χ2n) is 6.23. The zero-order chi connectivity index (χ0) is 14.2. The zero-order valence-electron chi connectivity index (χ0n) is 12.2. The van der Waals surface area contributed by atoms with Crippen molar-refractivity contribution in [3.63, 3.8) is 0 Å². The number of benzene rings is 1. The van der Waals surface area contributed by atoms with Gasteiger partial charge in [0.05, 0.1) is 0 Å². The number of para-hydroxylation sites is 2. The van der Waals surface area contributed by atoms with Gasteiger partial charge in [0, 0.05) is 25.2 Å². The van der Waals surface area contributed by atoms with Crippen LogP contribution in [-0.2, 0) is 0 Å². The Morgan fingerprint density at radius 3 is 2.71 bits per heavy atom. The van der Waals surface area contributed by atoms with Crippen molar-refractivity contribution >= 4 is 17.1 Å². The van der Waals surface area contributed by atoms with Crippen LogP contribution in [0.3, 0.4) is 0 Å². The van der Waals surface area contributed by atoms with Gasteiger partial charge in [-0.1, -0.05) is 12.1 Å². The van der Waals surface area contributed by atoms with Crippen molar-refractivity contribution in [2.24, 2.45) is 5.73 Å². The highest BCUT2D eigenvalue weighted by Gasteiger charge is 2.31. The molecule has 2 fully saturated rings. The molecule has 112 valence electrons. The molecule has 0 amide bonds. The van der Waals surface area contributed by atoms with Crippen LogP contribution in [0.5, 0.6) is 0 Å². The fourth-order valence-electron chi connectivity index (χ4n) is 3.49. The van der Waals surface area contributed by atoms with Crippen LogP contribution in [0.15, 0.2) is 28.7 Å². The number of nitrogens with two attached hydrogens (primary N) is 1. The van der Waals surface area contributed by atoms with Crippen LogP contribution < -0.4 is 10.6 Å². The molecule has 2 aliphatic rings. The van der Waals surface area contributed by atoms with E-state index >= 15 is 0 Å². The lowest BCUT2D eigenvalue weighted by atomic mass is 10.0. The molecule has 21 heavy (non-hydrogen) atoms. The van der Waals surface area contributed by atoms with E-state index in [0.717, 1.165) is 56.1 Å². The fraction of sp³-hybridized carbons (Fsp3) is 0.562. The molecule has 1 aromatic carbocycles. The predicted molar refractivity (Wildman–Crippen MR) is 83.4 cm³/mol. The summed E-state index contributed by atoms with van der Waals surface area (Å²) >= 11 is 0. The highest BCUT2D eigenvalue weighted by atomic mass is 16.4. The third-order valence-electron chi connectivity index (χ3n) is 4.81. The van der Waals surface area contributed by atoms with Crippen molar-refractivity contribution in [1.82, 2.24) is 9.88 Å². The average Bonchev–Trinajstić information content (AvgIpc) is 3.14. The Kier molecular flexibility index (Phi) is 3.31. The van der Waals surface area contributed by atoms with Crippen molar-refractivity contribution in [2.75, 3.05) is 31.1 Å². The summed E-state index contributed by atoms with van der Waals surface area (Å²) in [6, 6.07) is 9.75. The molecule has 0 aliphatic carbocycles. The van der Waals surface area contributed by atoms with E-state index in [1.807, 2.05) is 24.3 Å². The molecule has 0 saturated carbocycles. The van der Waals surface area contributed by atoms with Crippen LogP contribution in [0.1, 0.15) is 19.3 Å². The predicted octanol–water partition coefficient (Wildman–Crippen LogP) is 1.83. The zero-order valence-corrected chi connectivity index (χ0v) is 12.2. The molecule has 2 saturated heterocycles. The number of anilines is 1. The summed E-state index contributed by atoms with van der Waals surface area (Å²) < 4.78 is 5.88. The minimum absolute atomic E-state index is 0.399. The normalized spacial score (nSPS) is 25.0. The molecule has 1 atom stereocenters. The standard InChI is InChI=1S/C16H22N4O/c17-12-5-8-19(9-6-12)13-7-10-20(11-13)16-18-14-3-1-2-4-15(14)21-16/h1-4,12-13H,5-11,17H2. The first-order chi connectivity index (χ1) is 10.3. The van der Waals surface area contributed by atoms with Gasteiger partial charge in [-0.25, -0.2) is 0 Å². The highest BCUT2D eigenvalue weighted by molar-refractivity contribution is 5.74. The smallest absolute Gasteiger partial charge is 0.298 e. The summed E-state index contributed by atoms with van der Waals surface area (Å²) in [5.74, 6) is 0. The summed E-state index contributed by atoms with van der Waals surface area (Å²) in [5.41, 5.74) is 7.81. The number of piperidine rings is 1. The highest BCUT2D eigenvalue weighted by Crippen LogP contribution is 2.27. The molecular weight excluding hydrogens is 264 g/mol. The maximum Gasteiger partial charge on any atom is 0.298 e. The Bertz CT molecular complexity index is 585. The van der Waals surface area contributed by atoms with E-state index in [1.54, 1.807) is 0 Å². The molecule has 2 aliphatic heterocycles. The number of hydrogen-bond donors (Lipinski definition) is 1. The summed E-state index contributed by atoms with van der Waals surface area (Å²) in [7, 11) is 0. The molecule has 3 heterocycles. The Balaban J connectivity index is 1.46. The van der Waals surface area contributed by atoms with E-state index in [1.165, 1.54) is 6.42 Å². The SMILES string of the molecule is NC1CCN(C2CCN(c3nc4ccccc4o3)C2)CC1. The van der Waals surface area contributed by atoms with Gasteiger partial charge in [-0.05, 0) is 44.5 Å². The fourth-order valence-corrected chi connectivity index (χ4v) is 3.49. The van der Waals surface area contributed by atoms with Gasteiger partial charge < -0.3 is 15.1 Å². The molecule has 4 rings (SSSR count). The van der Waals surface area contributed by atoms with Crippen LogP contribution in [0.2, 0.25) is 0 Å². The van der Waals surface area contributed by atoms with Gasteiger partial charge in [0.15, 0.2) is 5.58 Å². The molecule has 5 heteroatoms. The quantitative estimate of drug-likeness (QED) is 0.912. The van der Waals surface area contributed by atoms with Crippen LogP contribution in [0.25, 0.3) is 11.1 Å². The van der Waals surface area contributed by atoms with Gasteiger partial charge in [0.2, 0.25) is 0 Å². The molecule has 1 unspecified atom stereocenters. The van der Waals surface area contributed by atoms with Crippen LogP contribution in [-0.4, -0.2) is 48.1 Å². The second-order valence-corrected chi connectivity index (χ2v) is 6.23. The molecule has 2 aromatic rings. The maximum absolute atomic E-state index is 5.99. The molecule has 1 aromatic heterocycles.